The van der Waals surface area contributed by atoms with Crippen LogP contribution in [0.25, 0.3) is 0 Å². The van der Waals surface area contributed by atoms with Crippen molar-refractivity contribution in [3.63, 3.8) is 0 Å². The number of methoxy groups -OCH3 is 1. The number of ether oxygens (including phenoxy) is 1. The maximum atomic E-state index is 13.3. The lowest BCUT2D eigenvalue weighted by atomic mass is 9.55. The lowest BCUT2D eigenvalue weighted by molar-refractivity contribution is -0.162. The summed E-state index contributed by atoms with van der Waals surface area (Å²) in [4.78, 5) is 39.4. The zero-order chi connectivity index (χ0) is 33.9. The lowest BCUT2D eigenvalue weighted by Gasteiger charge is -2.53. The second kappa shape index (κ2) is 12.3. The van der Waals surface area contributed by atoms with E-state index in [0.29, 0.717) is 5.56 Å². The zero-order valence-corrected chi connectivity index (χ0v) is 25.7. The van der Waals surface area contributed by atoms with Crippen molar-refractivity contribution in [1.82, 2.24) is 4.90 Å². The van der Waals surface area contributed by atoms with Gasteiger partial charge in [-0.05, 0) is 43.8 Å². The summed E-state index contributed by atoms with van der Waals surface area (Å²) in [5, 5.41) is 64.2. The van der Waals surface area contributed by atoms with Gasteiger partial charge in [-0.3, -0.25) is 23.8 Å². The molecule has 16 nitrogen and oxygen atoms in total. The van der Waals surface area contributed by atoms with Gasteiger partial charge in [-0.1, -0.05) is 25.1 Å². The van der Waals surface area contributed by atoms with Crippen LogP contribution in [0.4, 0.5) is 0 Å². The number of ketones is 2. The van der Waals surface area contributed by atoms with E-state index in [0.717, 1.165) is 6.07 Å². The number of Topliss-reactive ketones (excluding diaryl/α,β-unsaturated/α-hetero) is 2. The fraction of sp³-hybridized carbons (Fsp3) is 0.345. The lowest BCUT2D eigenvalue weighted by Crippen LogP contribution is -2.68. The van der Waals surface area contributed by atoms with E-state index in [4.69, 9.17) is 15.4 Å². The number of para-hydroxylation sites is 1. The van der Waals surface area contributed by atoms with Crippen molar-refractivity contribution in [1.29, 1.82) is 0 Å². The zero-order valence-electron chi connectivity index (χ0n) is 24.9. The van der Waals surface area contributed by atoms with Gasteiger partial charge in [-0.2, -0.15) is 8.42 Å². The number of benzene rings is 2. The molecule has 0 aromatic heterocycles. The molecule has 1 amide bonds. The Morgan fingerprint density at radius 3 is 2.09 bits per heavy atom. The number of primary amides is 1. The summed E-state index contributed by atoms with van der Waals surface area (Å²) in [6, 6.07) is 6.85. The van der Waals surface area contributed by atoms with Gasteiger partial charge in [0.05, 0.1) is 30.7 Å². The fourth-order valence-electron chi connectivity index (χ4n) is 6.49. The number of nitrogens with two attached hydrogens (primary N) is 1. The van der Waals surface area contributed by atoms with Gasteiger partial charge in [-0.25, -0.2) is 0 Å². The molecule has 0 spiro atoms. The Morgan fingerprint density at radius 1 is 1.02 bits per heavy atom. The van der Waals surface area contributed by atoms with Gasteiger partial charge in [-0.15, -0.1) is 0 Å². The number of hydrogen-bond acceptors (Lipinski definition) is 13. The first kappa shape index (κ1) is 36.0. The number of aliphatic hydroxyl groups excluding tert-OH is 3. The number of phenols is 2. The average Bonchev–Trinajstić information content (AvgIpc) is 2.94. The van der Waals surface area contributed by atoms with E-state index in [1.807, 2.05) is 0 Å². The third-order valence-corrected chi connectivity index (χ3v) is 9.31. The van der Waals surface area contributed by atoms with Crippen molar-refractivity contribution in [2.45, 2.75) is 35.5 Å². The standard InChI is InChI=1S/C22H24N2O8.C7H8O5S.H2O/c1-7-8-5-4-6-9(25)11(8)16(26)12-10(7)17(27)14-15(24(2)3)18(28)13(21(23)31)20(30)22(14,32)19(12)29;1-12-7-5(8)3-2-4-6(7)13(9,10)11;/h4-7,10,14-15,17,25,27-29,32H,1-3H3,(H2,23,31);2-4,8H,1H3,(H,9,10,11);1H2/t7-,10+,14+,15-,17-,22-;;/m0../s1. The van der Waals surface area contributed by atoms with Crippen LogP contribution >= 0.6 is 0 Å². The number of hydrogen-bond donors (Lipinski definition) is 8. The van der Waals surface area contributed by atoms with Crippen LogP contribution in [0.15, 0.2) is 64.0 Å². The molecule has 2 aromatic rings. The predicted octanol–water partition coefficient (Wildman–Crippen LogP) is -0.525. The second-order valence-electron chi connectivity index (χ2n) is 11.1. The Hall–Kier alpha value is -4.52. The number of nitrogens with zero attached hydrogens (tertiary/aromatic N) is 1. The SMILES string of the molecule is COc1c(O)cccc1S(=O)(=O)O.C[C@H]1c2cccc(O)c2C(=O)C2=C(O)[C@]3(O)C(=O)C(C(N)=O)=C(O)[C@@H](N(C)C)[C@@H]3[C@@H](O)[C@@H]21.O. The molecule has 3 aliphatic carbocycles. The number of aliphatic hydroxyl groups is 4. The Bertz CT molecular complexity index is 1780. The molecule has 3 aliphatic rings. The van der Waals surface area contributed by atoms with Gasteiger partial charge in [0.2, 0.25) is 5.78 Å². The number of carbonyl (C=O) groups is 3. The third kappa shape index (κ3) is 5.25. The molecule has 46 heavy (non-hydrogen) atoms. The Balaban J connectivity index is 0.000000347. The fourth-order valence-corrected chi connectivity index (χ4v) is 7.17. The van der Waals surface area contributed by atoms with Crippen LogP contribution in [0.3, 0.4) is 0 Å². The quantitative estimate of drug-likeness (QED) is 0.150. The van der Waals surface area contributed by atoms with Crippen molar-refractivity contribution in [3.05, 3.63) is 70.2 Å². The molecule has 5 rings (SSSR count). The van der Waals surface area contributed by atoms with Gasteiger partial charge >= 0.3 is 0 Å². The molecule has 0 saturated heterocycles. The molecule has 250 valence electrons. The first-order valence-electron chi connectivity index (χ1n) is 13.3. The molecule has 6 atom stereocenters. The molecule has 2 aromatic carbocycles. The first-order valence-corrected chi connectivity index (χ1v) is 14.8. The van der Waals surface area contributed by atoms with Crippen LogP contribution < -0.4 is 10.5 Å². The van der Waals surface area contributed by atoms with E-state index in [2.05, 4.69) is 4.74 Å². The minimum atomic E-state index is -4.35. The van der Waals surface area contributed by atoms with E-state index in [-0.39, 0.29) is 28.3 Å². The Morgan fingerprint density at radius 2 is 1.59 bits per heavy atom. The summed E-state index contributed by atoms with van der Waals surface area (Å²) in [5.74, 6) is -9.45. The van der Waals surface area contributed by atoms with Crippen LogP contribution in [-0.4, -0.2) is 110 Å². The molecule has 11 N–H and O–H groups in total. The number of amides is 1. The summed E-state index contributed by atoms with van der Waals surface area (Å²) in [6.45, 7) is 1.68. The van der Waals surface area contributed by atoms with Gasteiger partial charge < -0.3 is 46.6 Å². The van der Waals surface area contributed by atoms with E-state index in [9.17, 15) is 48.3 Å². The molecule has 0 unspecified atom stereocenters. The minimum absolute atomic E-state index is 0. The van der Waals surface area contributed by atoms with Crippen molar-refractivity contribution < 1.29 is 68.2 Å². The van der Waals surface area contributed by atoms with E-state index in [1.165, 1.54) is 44.3 Å². The molecule has 0 saturated carbocycles. The number of phenolic OH excluding ortho intramolecular Hbond substituents is 2. The highest BCUT2D eigenvalue weighted by Crippen LogP contribution is 2.55. The molecule has 17 heteroatoms. The highest BCUT2D eigenvalue weighted by atomic mass is 32.2. The number of fused-ring (bicyclic) bond motifs is 3. The molecular weight excluding hydrogens is 632 g/mol. The number of carbonyl (C=O) groups excluding carboxylic acids is 3. The van der Waals surface area contributed by atoms with Crippen LogP contribution in [0.2, 0.25) is 0 Å². The van der Waals surface area contributed by atoms with E-state index < -0.39 is 90.7 Å². The minimum Gasteiger partial charge on any atom is -0.510 e. The number of likely N-dealkylation sites (N-methyl/N-ethyl adjacent to an activating group) is 1. The van der Waals surface area contributed by atoms with Crippen molar-refractivity contribution in [2.75, 3.05) is 21.2 Å². The maximum Gasteiger partial charge on any atom is 0.298 e. The predicted molar refractivity (Wildman–Crippen MR) is 158 cm³/mol. The molecule has 0 radical (unpaired) electrons. The van der Waals surface area contributed by atoms with Crippen molar-refractivity contribution in [2.24, 2.45) is 17.6 Å². The molecule has 0 aliphatic heterocycles. The summed E-state index contributed by atoms with van der Waals surface area (Å²) in [5.41, 5.74) is 1.36. The van der Waals surface area contributed by atoms with Crippen molar-refractivity contribution >= 4 is 27.6 Å². The molecule has 0 fully saturated rings. The maximum absolute atomic E-state index is 13.3. The molecule has 0 heterocycles. The van der Waals surface area contributed by atoms with Crippen molar-refractivity contribution in [3.8, 4) is 17.2 Å². The van der Waals surface area contributed by atoms with Crippen LogP contribution in [0.5, 0.6) is 17.2 Å². The second-order valence-corrected chi connectivity index (χ2v) is 12.5. The highest BCUT2D eigenvalue weighted by molar-refractivity contribution is 7.86. The summed E-state index contributed by atoms with van der Waals surface area (Å²) < 4.78 is 34.8. The Labute approximate surface area is 262 Å². The van der Waals surface area contributed by atoms with Crippen LogP contribution in [-0.2, 0) is 19.7 Å². The third-order valence-electron chi connectivity index (χ3n) is 8.44. The monoisotopic (exact) mass is 666 g/mol. The number of rotatable bonds is 4. The van der Waals surface area contributed by atoms with Gasteiger partial charge in [0.15, 0.2) is 22.9 Å². The van der Waals surface area contributed by atoms with E-state index in [1.54, 1.807) is 19.1 Å². The molecule has 0 bridgehead atoms. The summed E-state index contributed by atoms with van der Waals surface area (Å²) >= 11 is 0. The number of aromatic hydroxyl groups is 2. The van der Waals surface area contributed by atoms with E-state index >= 15 is 0 Å². The highest BCUT2D eigenvalue weighted by Gasteiger charge is 2.67. The first-order chi connectivity index (χ1) is 20.8. The van der Waals surface area contributed by atoms with Crippen LogP contribution in [0, 0.1) is 11.8 Å². The normalized spacial score (nSPS) is 27.1. The Kier molecular flexibility index (Phi) is 9.65. The van der Waals surface area contributed by atoms with Gasteiger partial charge in [0.25, 0.3) is 16.0 Å². The largest absolute Gasteiger partial charge is 0.510 e. The van der Waals surface area contributed by atoms with Gasteiger partial charge in [0, 0.05) is 11.5 Å². The van der Waals surface area contributed by atoms with Gasteiger partial charge in [0.1, 0.15) is 27.7 Å². The smallest absolute Gasteiger partial charge is 0.298 e. The van der Waals surface area contributed by atoms with Crippen LogP contribution in [0.1, 0.15) is 28.8 Å². The topological polar surface area (TPSA) is 297 Å². The summed E-state index contributed by atoms with van der Waals surface area (Å²) in [6.07, 6.45) is -1.59. The average molecular weight is 667 g/mol. The molecular formula is C29H34N2O14S. The summed E-state index contributed by atoms with van der Waals surface area (Å²) in [7, 11) is -0.180.